The summed E-state index contributed by atoms with van der Waals surface area (Å²) in [5.41, 5.74) is 0.478. The summed E-state index contributed by atoms with van der Waals surface area (Å²) in [6.45, 7) is 2.21. The highest BCUT2D eigenvalue weighted by atomic mass is 32.2. The van der Waals surface area contributed by atoms with Crippen LogP contribution in [0, 0.1) is 0 Å². The van der Waals surface area contributed by atoms with Crippen molar-refractivity contribution in [3.63, 3.8) is 0 Å². The minimum Gasteiger partial charge on any atom is -0.468 e. The van der Waals surface area contributed by atoms with Gasteiger partial charge in [0.15, 0.2) is 0 Å². The van der Waals surface area contributed by atoms with E-state index in [2.05, 4.69) is 4.74 Å². The smallest absolute Gasteiger partial charge is 0.341 e. The van der Waals surface area contributed by atoms with E-state index in [1.807, 2.05) is 6.92 Å². The third-order valence-corrected chi connectivity index (χ3v) is 3.42. The highest BCUT2D eigenvalue weighted by Gasteiger charge is 2.15. The Morgan fingerprint density at radius 3 is 3.06 bits per heavy atom. The first-order valence-electron chi connectivity index (χ1n) is 5.06. The molecule has 4 nitrogen and oxygen atoms in total. The van der Waals surface area contributed by atoms with E-state index in [-0.39, 0.29) is 12.6 Å². The van der Waals surface area contributed by atoms with Gasteiger partial charge >= 0.3 is 5.97 Å². The Bertz CT molecular complexity index is 334. The predicted molar refractivity (Wildman–Crippen MR) is 62.5 cm³/mol. The molecule has 0 saturated heterocycles. The maximum absolute atomic E-state index is 11.3. The second kappa shape index (κ2) is 6.60. The van der Waals surface area contributed by atoms with Crippen LogP contribution < -0.4 is 0 Å². The molecule has 1 unspecified atom stereocenters. The largest absolute Gasteiger partial charge is 0.468 e. The molecule has 16 heavy (non-hydrogen) atoms. The number of rotatable bonds is 6. The molecular formula is C11H16O4S. The molecule has 1 aromatic heterocycles. The minimum atomic E-state index is -0.376. The molecule has 0 spiro atoms. The van der Waals surface area contributed by atoms with E-state index >= 15 is 0 Å². The second-order valence-electron chi connectivity index (χ2n) is 3.38. The van der Waals surface area contributed by atoms with Crippen LogP contribution in [0.5, 0.6) is 0 Å². The quantitative estimate of drug-likeness (QED) is 0.776. The van der Waals surface area contributed by atoms with Crippen molar-refractivity contribution in [2.24, 2.45) is 0 Å². The van der Waals surface area contributed by atoms with Crippen molar-refractivity contribution in [1.29, 1.82) is 0 Å². The lowest BCUT2D eigenvalue weighted by Crippen LogP contribution is -2.04. The molecule has 5 heteroatoms. The summed E-state index contributed by atoms with van der Waals surface area (Å²) < 4.78 is 9.87. The van der Waals surface area contributed by atoms with Gasteiger partial charge in [0.05, 0.1) is 19.1 Å². The van der Waals surface area contributed by atoms with Gasteiger partial charge in [-0.2, -0.15) is 11.8 Å². The van der Waals surface area contributed by atoms with Crippen LogP contribution in [0.4, 0.5) is 0 Å². The molecule has 0 aliphatic carbocycles. The van der Waals surface area contributed by atoms with Gasteiger partial charge in [-0.15, -0.1) is 0 Å². The van der Waals surface area contributed by atoms with Crippen LogP contribution in [0.1, 0.15) is 29.5 Å². The highest BCUT2D eigenvalue weighted by molar-refractivity contribution is 7.99. The van der Waals surface area contributed by atoms with Gasteiger partial charge < -0.3 is 14.3 Å². The fourth-order valence-corrected chi connectivity index (χ4v) is 2.16. The molecule has 0 saturated carbocycles. The van der Waals surface area contributed by atoms with Crippen LogP contribution in [0.2, 0.25) is 0 Å². The summed E-state index contributed by atoms with van der Waals surface area (Å²) in [5, 5.41) is 9.10. The third-order valence-electron chi connectivity index (χ3n) is 2.19. The summed E-state index contributed by atoms with van der Waals surface area (Å²) in [6, 6.07) is 1.61. The molecule has 0 bridgehead atoms. The fraction of sp³-hybridized carbons (Fsp3) is 0.545. The van der Waals surface area contributed by atoms with Gasteiger partial charge in [-0.25, -0.2) is 4.79 Å². The molecular weight excluding hydrogens is 228 g/mol. The van der Waals surface area contributed by atoms with Gasteiger partial charge in [0.25, 0.3) is 0 Å². The monoisotopic (exact) mass is 244 g/mol. The Labute approximate surface area is 99.0 Å². The molecule has 1 rings (SSSR count). The molecule has 1 heterocycles. The Kier molecular flexibility index (Phi) is 5.42. The Hall–Kier alpha value is -0.940. The molecule has 0 aliphatic heterocycles. The predicted octanol–water partition coefficient (Wildman–Crippen LogP) is 2.07. The van der Waals surface area contributed by atoms with Crippen LogP contribution in [0.15, 0.2) is 16.7 Å². The van der Waals surface area contributed by atoms with Crippen molar-refractivity contribution in [2.75, 3.05) is 13.7 Å². The van der Waals surface area contributed by atoms with Gasteiger partial charge in [-0.1, -0.05) is 6.92 Å². The van der Waals surface area contributed by atoms with E-state index in [0.717, 1.165) is 6.42 Å². The zero-order valence-corrected chi connectivity index (χ0v) is 10.3. The van der Waals surface area contributed by atoms with Crippen molar-refractivity contribution in [1.82, 2.24) is 0 Å². The van der Waals surface area contributed by atoms with Crippen LogP contribution >= 0.6 is 11.8 Å². The van der Waals surface area contributed by atoms with Gasteiger partial charge in [-0.3, -0.25) is 0 Å². The number of thioether (sulfide) groups is 1. The van der Waals surface area contributed by atoms with Crippen LogP contribution in [-0.4, -0.2) is 30.0 Å². The number of hydrogen-bond donors (Lipinski definition) is 1. The summed E-state index contributed by atoms with van der Waals surface area (Å²) in [6.07, 6.45) is 2.22. The maximum atomic E-state index is 11.3. The first-order chi connectivity index (χ1) is 7.69. The van der Waals surface area contributed by atoms with Gasteiger partial charge in [0.1, 0.15) is 11.3 Å². The van der Waals surface area contributed by atoms with Gasteiger partial charge in [0.2, 0.25) is 0 Å². The van der Waals surface area contributed by atoms with E-state index < -0.39 is 0 Å². The fourth-order valence-electron chi connectivity index (χ4n) is 1.23. The standard InChI is InChI=1S/C11H16O4S/c1-8(3-5-12)16-7-10-9(4-6-15-10)11(13)14-2/h4,6,8,12H,3,5,7H2,1-2H3. The van der Waals surface area contributed by atoms with Gasteiger partial charge in [0, 0.05) is 11.9 Å². The number of hydrogen-bond acceptors (Lipinski definition) is 5. The molecule has 0 amide bonds. The Morgan fingerprint density at radius 2 is 2.44 bits per heavy atom. The molecule has 1 N–H and O–H groups in total. The first kappa shape index (κ1) is 13.1. The zero-order valence-electron chi connectivity index (χ0n) is 9.43. The minimum absolute atomic E-state index is 0.177. The third kappa shape index (κ3) is 3.57. The lowest BCUT2D eigenvalue weighted by atomic mass is 10.3. The SMILES string of the molecule is COC(=O)c1ccoc1CSC(C)CCO. The number of esters is 1. The average molecular weight is 244 g/mol. The van der Waals surface area contributed by atoms with Crippen molar-refractivity contribution in [3.05, 3.63) is 23.7 Å². The molecule has 0 fully saturated rings. The highest BCUT2D eigenvalue weighted by Crippen LogP contribution is 2.23. The number of ether oxygens (including phenoxy) is 1. The van der Waals surface area contributed by atoms with E-state index in [4.69, 9.17) is 9.52 Å². The number of aliphatic hydroxyl groups excluding tert-OH is 1. The van der Waals surface area contributed by atoms with Crippen LogP contribution in [-0.2, 0) is 10.5 Å². The molecule has 0 aromatic carbocycles. The number of methoxy groups -OCH3 is 1. The van der Waals surface area contributed by atoms with Crippen molar-refractivity contribution in [2.45, 2.75) is 24.3 Å². The summed E-state index contributed by atoms with van der Waals surface area (Å²) in [5.74, 6) is 0.860. The molecule has 1 atom stereocenters. The first-order valence-corrected chi connectivity index (χ1v) is 6.11. The van der Waals surface area contributed by atoms with E-state index in [1.54, 1.807) is 17.8 Å². The summed E-state index contributed by atoms with van der Waals surface area (Å²) in [7, 11) is 1.35. The summed E-state index contributed by atoms with van der Waals surface area (Å²) in [4.78, 5) is 11.3. The van der Waals surface area contributed by atoms with E-state index in [0.29, 0.717) is 22.3 Å². The van der Waals surface area contributed by atoms with Crippen molar-refractivity contribution < 1.29 is 19.1 Å². The zero-order chi connectivity index (χ0) is 12.0. The van der Waals surface area contributed by atoms with E-state index in [9.17, 15) is 4.79 Å². The Morgan fingerprint density at radius 1 is 1.69 bits per heavy atom. The Balaban J connectivity index is 2.54. The second-order valence-corrected chi connectivity index (χ2v) is 4.81. The lowest BCUT2D eigenvalue weighted by Gasteiger charge is -2.08. The average Bonchev–Trinajstić information content (AvgIpc) is 2.74. The molecule has 90 valence electrons. The number of carbonyl (C=O) groups is 1. The van der Waals surface area contributed by atoms with Crippen LogP contribution in [0.25, 0.3) is 0 Å². The topological polar surface area (TPSA) is 59.7 Å². The molecule has 0 aliphatic rings. The summed E-state index contributed by atoms with van der Waals surface area (Å²) >= 11 is 1.64. The van der Waals surface area contributed by atoms with Crippen molar-refractivity contribution >= 4 is 17.7 Å². The van der Waals surface area contributed by atoms with Crippen molar-refractivity contribution in [3.8, 4) is 0 Å². The maximum Gasteiger partial charge on any atom is 0.341 e. The number of aliphatic hydroxyl groups is 1. The van der Waals surface area contributed by atoms with Crippen LogP contribution in [0.3, 0.4) is 0 Å². The normalized spacial score (nSPS) is 12.4. The lowest BCUT2D eigenvalue weighted by molar-refractivity contribution is 0.0598. The molecule has 0 radical (unpaired) electrons. The number of furan rings is 1. The van der Waals surface area contributed by atoms with Gasteiger partial charge in [-0.05, 0) is 12.5 Å². The molecule has 1 aromatic rings. The van der Waals surface area contributed by atoms with E-state index in [1.165, 1.54) is 13.4 Å². The number of carbonyl (C=O) groups excluding carboxylic acids is 1.